The van der Waals surface area contributed by atoms with Crippen LogP contribution in [0.2, 0.25) is 0 Å². The predicted molar refractivity (Wildman–Crippen MR) is 107 cm³/mol. The minimum atomic E-state index is 0.0709. The summed E-state index contributed by atoms with van der Waals surface area (Å²) >= 11 is 0. The van der Waals surface area contributed by atoms with E-state index in [4.69, 9.17) is 0 Å². The molecule has 0 saturated carbocycles. The minimum absolute atomic E-state index is 0.0709. The number of rotatable bonds is 5. The summed E-state index contributed by atoms with van der Waals surface area (Å²) in [5.41, 5.74) is 4.47. The second-order valence-electron chi connectivity index (χ2n) is 7.50. The number of nitrogens with one attached hydrogen (secondary N) is 2. The zero-order valence-corrected chi connectivity index (χ0v) is 15.7. The molecule has 1 aliphatic rings. The maximum Gasteiger partial charge on any atom is 0.226 e. The zero-order chi connectivity index (χ0) is 18.6. The van der Waals surface area contributed by atoms with Crippen LogP contribution in [0, 0.1) is 6.92 Å². The van der Waals surface area contributed by atoms with Gasteiger partial charge in [0.05, 0.1) is 17.6 Å². The summed E-state index contributed by atoms with van der Waals surface area (Å²) in [6.45, 7) is 5.16. The minimum Gasteiger partial charge on any atom is -0.353 e. The maximum atomic E-state index is 12.5. The standard InChI is InChI=1S/C22H26N4O/c1-16-5-4-6-17(13-16)15-26-11-9-18(10-12-26)23-22(27)14-21-19-7-2-3-8-20(19)24-25-21/h2-8,13,18H,9-12,14-15H2,1H3,(H,23,27)(H,24,25). The smallest absolute Gasteiger partial charge is 0.226 e. The number of fused-ring (bicyclic) bond motifs is 1. The van der Waals surface area contributed by atoms with Crippen molar-refractivity contribution in [2.24, 2.45) is 0 Å². The first-order valence-corrected chi connectivity index (χ1v) is 9.66. The highest BCUT2D eigenvalue weighted by molar-refractivity contribution is 5.87. The number of benzene rings is 2. The van der Waals surface area contributed by atoms with Crippen molar-refractivity contribution < 1.29 is 4.79 Å². The van der Waals surface area contributed by atoms with Gasteiger partial charge >= 0.3 is 0 Å². The Labute approximate surface area is 159 Å². The van der Waals surface area contributed by atoms with Crippen LogP contribution in [0.5, 0.6) is 0 Å². The van der Waals surface area contributed by atoms with Crippen molar-refractivity contribution in [2.45, 2.75) is 38.8 Å². The summed E-state index contributed by atoms with van der Waals surface area (Å²) in [6, 6.07) is 16.9. The third kappa shape index (κ3) is 4.37. The molecule has 140 valence electrons. The molecule has 1 saturated heterocycles. The first-order chi connectivity index (χ1) is 13.2. The molecule has 1 aromatic heterocycles. The molecule has 5 heteroatoms. The normalized spacial score (nSPS) is 15.9. The Balaban J connectivity index is 1.27. The average molecular weight is 362 g/mol. The number of carbonyl (C=O) groups excluding carboxylic acids is 1. The van der Waals surface area contributed by atoms with E-state index >= 15 is 0 Å². The van der Waals surface area contributed by atoms with Gasteiger partial charge in [0.2, 0.25) is 5.91 Å². The number of aromatic nitrogens is 2. The van der Waals surface area contributed by atoms with Crippen LogP contribution >= 0.6 is 0 Å². The van der Waals surface area contributed by atoms with Crippen LogP contribution in [0.15, 0.2) is 48.5 Å². The fourth-order valence-electron chi connectivity index (χ4n) is 3.89. The number of piperidine rings is 1. The van der Waals surface area contributed by atoms with Gasteiger partial charge in [-0.25, -0.2) is 0 Å². The van der Waals surface area contributed by atoms with Crippen LogP contribution in [0.1, 0.15) is 29.7 Å². The number of hydrogen-bond acceptors (Lipinski definition) is 3. The average Bonchev–Trinajstić information content (AvgIpc) is 3.06. The van der Waals surface area contributed by atoms with Crippen molar-refractivity contribution in [3.8, 4) is 0 Å². The molecule has 2 N–H and O–H groups in total. The number of nitrogens with zero attached hydrogens (tertiary/aromatic N) is 2. The van der Waals surface area contributed by atoms with E-state index in [2.05, 4.69) is 51.6 Å². The lowest BCUT2D eigenvalue weighted by Crippen LogP contribution is -2.44. The van der Waals surface area contributed by atoms with Crippen molar-refractivity contribution in [3.63, 3.8) is 0 Å². The molecule has 0 spiro atoms. The molecule has 2 aromatic carbocycles. The van der Waals surface area contributed by atoms with Gasteiger partial charge in [-0.2, -0.15) is 5.10 Å². The molecule has 1 amide bonds. The van der Waals surface area contributed by atoms with E-state index in [1.807, 2.05) is 24.3 Å². The van der Waals surface area contributed by atoms with Crippen LogP contribution in [-0.4, -0.2) is 40.1 Å². The topological polar surface area (TPSA) is 61.0 Å². The van der Waals surface area contributed by atoms with Gasteiger partial charge in [0.15, 0.2) is 0 Å². The summed E-state index contributed by atoms with van der Waals surface area (Å²) in [5.74, 6) is 0.0709. The largest absolute Gasteiger partial charge is 0.353 e. The number of hydrogen-bond donors (Lipinski definition) is 2. The van der Waals surface area contributed by atoms with Gasteiger partial charge in [0, 0.05) is 31.1 Å². The Hall–Kier alpha value is -2.66. The molecule has 1 fully saturated rings. The van der Waals surface area contributed by atoms with Gasteiger partial charge in [0.25, 0.3) is 0 Å². The summed E-state index contributed by atoms with van der Waals surface area (Å²) in [7, 11) is 0. The molecule has 3 aromatic rings. The van der Waals surface area contributed by atoms with E-state index < -0.39 is 0 Å². The molecule has 27 heavy (non-hydrogen) atoms. The van der Waals surface area contributed by atoms with E-state index in [9.17, 15) is 4.79 Å². The second kappa shape index (κ2) is 7.92. The van der Waals surface area contributed by atoms with E-state index in [1.54, 1.807) is 0 Å². The van der Waals surface area contributed by atoms with E-state index in [0.29, 0.717) is 6.42 Å². The molecule has 5 nitrogen and oxygen atoms in total. The Kier molecular flexibility index (Phi) is 5.21. The number of aromatic amines is 1. The monoisotopic (exact) mass is 362 g/mol. The third-order valence-electron chi connectivity index (χ3n) is 5.32. The quantitative estimate of drug-likeness (QED) is 0.733. The molecule has 4 rings (SSSR count). The van der Waals surface area contributed by atoms with Crippen molar-refractivity contribution in [2.75, 3.05) is 13.1 Å². The lowest BCUT2D eigenvalue weighted by Gasteiger charge is -2.32. The Morgan fingerprint density at radius 2 is 2.00 bits per heavy atom. The first kappa shape index (κ1) is 17.7. The number of likely N-dealkylation sites (tertiary alicyclic amines) is 1. The molecule has 0 bridgehead atoms. The van der Waals surface area contributed by atoms with Gasteiger partial charge < -0.3 is 5.32 Å². The van der Waals surface area contributed by atoms with Gasteiger partial charge in [-0.1, -0.05) is 48.0 Å². The van der Waals surface area contributed by atoms with Crippen molar-refractivity contribution in [1.29, 1.82) is 0 Å². The number of amides is 1. The van der Waals surface area contributed by atoms with Crippen LogP contribution in [-0.2, 0) is 17.8 Å². The molecule has 1 aliphatic heterocycles. The predicted octanol–water partition coefficient (Wildman–Crippen LogP) is 3.19. The van der Waals surface area contributed by atoms with Crippen molar-refractivity contribution in [3.05, 3.63) is 65.4 Å². The molecule has 0 atom stereocenters. The highest BCUT2D eigenvalue weighted by Crippen LogP contribution is 2.17. The fourth-order valence-corrected chi connectivity index (χ4v) is 3.89. The Morgan fingerprint density at radius 1 is 1.19 bits per heavy atom. The van der Waals surface area contributed by atoms with E-state index in [1.165, 1.54) is 11.1 Å². The van der Waals surface area contributed by atoms with Gasteiger partial charge in [-0.15, -0.1) is 0 Å². The van der Waals surface area contributed by atoms with Gasteiger partial charge in [-0.3, -0.25) is 14.8 Å². The number of carbonyl (C=O) groups is 1. The zero-order valence-electron chi connectivity index (χ0n) is 15.7. The SMILES string of the molecule is Cc1cccc(CN2CCC(NC(=O)Cc3[nH]nc4ccccc34)CC2)c1. The Morgan fingerprint density at radius 3 is 2.81 bits per heavy atom. The number of H-pyrrole nitrogens is 1. The summed E-state index contributed by atoms with van der Waals surface area (Å²) in [5, 5.41) is 11.5. The molecule has 2 heterocycles. The van der Waals surface area contributed by atoms with Crippen LogP contribution < -0.4 is 5.32 Å². The van der Waals surface area contributed by atoms with E-state index in [-0.39, 0.29) is 11.9 Å². The number of aryl methyl sites for hydroxylation is 1. The highest BCUT2D eigenvalue weighted by atomic mass is 16.1. The van der Waals surface area contributed by atoms with Gasteiger partial charge in [-0.05, 0) is 31.4 Å². The lowest BCUT2D eigenvalue weighted by molar-refractivity contribution is -0.121. The molecule has 0 unspecified atom stereocenters. The second-order valence-corrected chi connectivity index (χ2v) is 7.50. The van der Waals surface area contributed by atoms with Crippen molar-refractivity contribution in [1.82, 2.24) is 20.4 Å². The lowest BCUT2D eigenvalue weighted by atomic mass is 10.0. The molecule has 0 radical (unpaired) electrons. The van der Waals surface area contributed by atoms with Crippen LogP contribution in [0.3, 0.4) is 0 Å². The summed E-state index contributed by atoms with van der Waals surface area (Å²) in [4.78, 5) is 14.9. The maximum absolute atomic E-state index is 12.5. The molecular weight excluding hydrogens is 336 g/mol. The van der Waals surface area contributed by atoms with Gasteiger partial charge in [0.1, 0.15) is 0 Å². The Bertz CT molecular complexity index is 925. The van der Waals surface area contributed by atoms with Crippen LogP contribution in [0.4, 0.5) is 0 Å². The fraction of sp³-hybridized carbons (Fsp3) is 0.364. The van der Waals surface area contributed by atoms with Crippen LogP contribution in [0.25, 0.3) is 10.9 Å². The third-order valence-corrected chi connectivity index (χ3v) is 5.32. The summed E-state index contributed by atoms with van der Waals surface area (Å²) < 4.78 is 0. The number of para-hydroxylation sites is 1. The van der Waals surface area contributed by atoms with E-state index in [0.717, 1.165) is 49.1 Å². The summed E-state index contributed by atoms with van der Waals surface area (Å²) in [6.07, 6.45) is 2.35. The first-order valence-electron chi connectivity index (χ1n) is 9.66. The van der Waals surface area contributed by atoms with Crippen molar-refractivity contribution >= 4 is 16.8 Å². The molecular formula is C22H26N4O. The highest BCUT2D eigenvalue weighted by Gasteiger charge is 2.21. The molecule has 0 aliphatic carbocycles.